The number of carbonyl (C=O) groups excluding carboxylic acids is 1. The van der Waals surface area contributed by atoms with Crippen molar-refractivity contribution in [2.24, 2.45) is 0 Å². The van der Waals surface area contributed by atoms with E-state index < -0.39 is 0 Å². The molecule has 5 heteroatoms. The topological polar surface area (TPSA) is 57.0 Å². The molecule has 0 bridgehead atoms. The Hall–Kier alpha value is -3.99. The Balaban J connectivity index is 1.52. The monoisotopic (exact) mass is 409 g/mol. The van der Waals surface area contributed by atoms with Crippen molar-refractivity contribution in [1.29, 1.82) is 0 Å². The van der Waals surface area contributed by atoms with Gasteiger partial charge < -0.3 is 4.74 Å². The number of benzene rings is 2. The third-order valence-electron chi connectivity index (χ3n) is 4.86. The molecule has 2 aromatic carbocycles. The summed E-state index contributed by atoms with van der Waals surface area (Å²) in [5.41, 5.74) is 4.41. The third kappa shape index (κ3) is 5.34. The first-order valence-corrected chi connectivity index (χ1v) is 10.1. The van der Waals surface area contributed by atoms with Crippen molar-refractivity contribution < 1.29 is 9.53 Å². The molecular formula is C26H23N3O2. The van der Waals surface area contributed by atoms with Gasteiger partial charge in [0.2, 0.25) is 0 Å². The van der Waals surface area contributed by atoms with Crippen LogP contribution in [0, 0.1) is 0 Å². The molecule has 1 atom stereocenters. The largest absolute Gasteiger partial charge is 0.427 e. The van der Waals surface area contributed by atoms with Crippen LogP contribution in [0.15, 0.2) is 97.6 Å². The quantitative estimate of drug-likeness (QED) is 0.315. The number of nitrogens with zero attached hydrogens (tertiary/aromatic N) is 3. The first-order valence-electron chi connectivity index (χ1n) is 10.1. The SMILES string of the molecule is CC(=O)Oc1cccc(C=CCn2cc(C(c3ccccc3)c3cccnc3)cn2)c1. The van der Waals surface area contributed by atoms with Gasteiger partial charge in [-0.25, -0.2) is 0 Å². The number of ether oxygens (including phenoxy) is 1. The summed E-state index contributed by atoms with van der Waals surface area (Å²) < 4.78 is 7.05. The predicted octanol–water partition coefficient (Wildman–Crippen LogP) is 5.10. The molecule has 31 heavy (non-hydrogen) atoms. The maximum absolute atomic E-state index is 11.1. The zero-order valence-electron chi connectivity index (χ0n) is 17.3. The molecule has 0 aliphatic heterocycles. The lowest BCUT2D eigenvalue weighted by Crippen LogP contribution is -2.03. The molecule has 0 aliphatic rings. The van der Waals surface area contributed by atoms with Crippen molar-refractivity contribution in [3.05, 3.63) is 120 Å². The van der Waals surface area contributed by atoms with Gasteiger partial charge in [0, 0.05) is 37.0 Å². The van der Waals surface area contributed by atoms with E-state index in [1.165, 1.54) is 12.5 Å². The molecule has 0 saturated carbocycles. The van der Waals surface area contributed by atoms with Gasteiger partial charge in [0.15, 0.2) is 0 Å². The van der Waals surface area contributed by atoms with Crippen LogP contribution in [0.4, 0.5) is 0 Å². The van der Waals surface area contributed by atoms with Crippen molar-refractivity contribution in [3.63, 3.8) is 0 Å². The van der Waals surface area contributed by atoms with Gasteiger partial charge in [-0.3, -0.25) is 14.5 Å². The van der Waals surface area contributed by atoms with Crippen molar-refractivity contribution in [1.82, 2.24) is 14.8 Å². The Morgan fingerprint density at radius 2 is 1.84 bits per heavy atom. The summed E-state index contributed by atoms with van der Waals surface area (Å²) in [6.45, 7) is 2.03. The molecule has 5 nitrogen and oxygen atoms in total. The zero-order chi connectivity index (χ0) is 21.5. The molecule has 154 valence electrons. The van der Waals surface area contributed by atoms with E-state index in [2.05, 4.69) is 46.6 Å². The van der Waals surface area contributed by atoms with E-state index >= 15 is 0 Å². The van der Waals surface area contributed by atoms with Crippen LogP contribution >= 0.6 is 0 Å². The number of allylic oxidation sites excluding steroid dienone is 1. The van der Waals surface area contributed by atoms with Gasteiger partial charge in [-0.2, -0.15) is 5.10 Å². The third-order valence-corrected chi connectivity index (χ3v) is 4.86. The highest BCUT2D eigenvalue weighted by Gasteiger charge is 2.18. The lowest BCUT2D eigenvalue weighted by Gasteiger charge is -2.16. The first kappa shape index (κ1) is 20.3. The molecule has 0 N–H and O–H groups in total. The summed E-state index contributed by atoms with van der Waals surface area (Å²) in [5, 5.41) is 4.55. The average molecular weight is 409 g/mol. The summed E-state index contributed by atoms with van der Waals surface area (Å²) >= 11 is 0. The molecule has 4 rings (SSSR count). The van der Waals surface area contributed by atoms with Crippen LogP contribution in [0.1, 0.15) is 35.1 Å². The summed E-state index contributed by atoms with van der Waals surface area (Å²) in [4.78, 5) is 15.4. The van der Waals surface area contributed by atoms with Crippen LogP contribution in [0.25, 0.3) is 6.08 Å². The molecular weight excluding hydrogens is 386 g/mol. The molecule has 2 aromatic heterocycles. The minimum atomic E-state index is -0.327. The van der Waals surface area contributed by atoms with Crippen molar-refractivity contribution in [3.8, 4) is 5.75 Å². The van der Waals surface area contributed by atoms with E-state index in [1.807, 2.05) is 59.6 Å². The fraction of sp³-hybridized carbons (Fsp3) is 0.115. The second-order valence-electron chi connectivity index (χ2n) is 7.19. The molecule has 2 heterocycles. The van der Waals surface area contributed by atoms with E-state index in [1.54, 1.807) is 12.3 Å². The van der Waals surface area contributed by atoms with Crippen LogP contribution in [0.5, 0.6) is 5.75 Å². The number of hydrogen-bond donors (Lipinski definition) is 0. The Kier molecular flexibility index (Phi) is 6.33. The first-order chi connectivity index (χ1) is 15.2. The lowest BCUT2D eigenvalue weighted by molar-refractivity contribution is -0.131. The van der Waals surface area contributed by atoms with Gasteiger partial charge in [0.05, 0.1) is 12.7 Å². The molecule has 4 aromatic rings. The summed E-state index contributed by atoms with van der Waals surface area (Å²) in [6.07, 6.45) is 11.7. The van der Waals surface area contributed by atoms with E-state index in [4.69, 9.17) is 4.74 Å². The molecule has 0 aliphatic carbocycles. The normalized spacial score (nSPS) is 12.0. The van der Waals surface area contributed by atoms with Crippen LogP contribution in [0.3, 0.4) is 0 Å². The molecule has 0 fully saturated rings. The van der Waals surface area contributed by atoms with Crippen molar-refractivity contribution >= 4 is 12.0 Å². The van der Waals surface area contributed by atoms with Crippen molar-refractivity contribution in [2.75, 3.05) is 0 Å². The van der Waals surface area contributed by atoms with Crippen LogP contribution in [-0.2, 0) is 11.3 Å². The van der Waals surface area contributed by atoms with Gasteiger partial charge in [0.25, 0.3) is 0 Å². The van der Waals surface area contributed by atoms with E-state index in [0.717, 1.165) is 16.7 Å². The predicted molar refractivity (Wildman–Crippen MR) is 121 cm³/mol. The number of pyridine rings is 1. The minimum absolute atomic E-state index is 0.0769. The smallest absolute Gasteiger partial charge is 0.308 e. The highest BCUT2D eigenvalue weighted by Crippen LogP contribution is 2.31. The molecule has 0 radical (unpaired) electrons. The second-order valence-corrected chi connectivity index (χ2v) is 7.19. The van der Waals surface area contributed by atoms with E-state index in [0.29, 0.717) is 12.3 Å². The van der Waals surface area contributed by atoms with Gasteiger partial charge in [-0.05, 0) is 34.9 Å². The summed E-state index contributed by atoms with van der Waals surface area (Å²) in [5.74, 6) is 0.290. The minimum Gasteiger partial charge on any atom is -0.427 e. The van der Waals surface area contributed by atoms with Crippen molar-refractivity contribution in [2.45, 2.75) is 19.4 Å². The van der Waals surface area contributed by atoms with Crippen LogP contribution in [0.2, 0.25) is 0 Å². The maximum atomic E-state index is 11.1. The number of rotatable bonds is 7. The van der Waals surface area contributed by atoms with Gasteiger partial charge in [0.1, 0.15) is 5.75 Å². The number of esters is 1. The average Bonchev–Trinajstić information content (AvgIpc) is 3.24. The van der Waals surface area contributed by atoms with Gasteiger partial charge in [-0.15, -0.1) is 0 Å². The zero-order valence-corrected chi connectivity index (χ0v) is 17.3. The number of carbonyl (C=O) groups is 1. The Bertz CT molecular complexity index is 1130. The Morgan fingerprint density at radius 3 is 2.61 bits per heavy atom. The highest BCUT2D eigenvalue weighted by atomic mass is 16.5. The Morgan fingerprint density at radius 1 is 1.00 bits per heavy atom. The second kappa shape index (κ2) is 9.67. The fourth-order valence-electron chi connectivity index (χ4n) is 3.54. The molecule has 0 spiro atoms. The maximum Gasteiger partial charge on any atom is 0.308 e. The van der Waals surface area contributed by atoms with Gasteiger partial charge >= 0.3 is 5.97 Å². The van der Waals surface area contributed by atoms with Crippen LogP contribution in [-0.4, -0.2) is 20.7 Å². The standard InChI is InChI=1S/C26H23N3O2/c1-20(30)31-25-13-5-8-21(16-25)9-7-15-29-19-24(18-28-29)26(22-10-3-2-4-11-22)23-12-6-14-27-17-23/h2-14,16-19,26H,15H2,1H3. The van der Waals surface area contributed by atoms with E-state index in [-0.39, 0.29) is 11.9 Å². The summed E-state index contributed by atoms with van der Waals surface area (Å²) in [7, 11) is 0. The molecule has 0 saturated heterocycles. The number of hydrogen-bond acceptors (Lipinski definition) is 4. The summed E-state index contributed by atoms with van der Waals surface area (Å²) in [6, 6.07) is 21.9. The Labute approximate surface area is 181 Å². The highest BCUT2D eigenvalue weighted by molar-refractivity contribution is 5.69. The van der Waals surface area contributed by atoms with E-state index in [9.17, 15) is 4.79 Å². The molecule has 0 amide bonds. The van der Waals surface area contributed by atoms with Gasteiger partial charge in [-0.1, -0.05) is 60.7 Å². The number of aromatic nitrogens is 3. The lowest BCUT2D eigenvalue weighted by atomic mass is 9.88. The van der Waals surface area contributed by atoms with Crippen LogP contribution < -0.4 is 4.74 Å². The fourth-order valence-corrected chi connectivity index (χ4v) is 3.54. The molecule has 1 unspecified atom stereocenters.